The van der Waals surface area contributed by atoms with Crippen molar-refractivity contribution >= 4 is 10.9 Å². The van der Waals surface area contributed by atoms with Crippen LogP contribution >= 0.6 is 0 Å². The number of aryl methyl sites for hydroxylation is 1. The lowest BCUT2D eigenvalue weighted by Crippen LogP contribution is -1.93. The molecule has 4 aromatic rings. The summed E-state index contributed by atoms with van der Waals surface area (Å²) in [5.74, 6) is 0. The summed E-state index contributed by atoms with van der Waals surface area (Å²) in [7, 11) is 0. The lowest BCUT2D eigenvalue weighted by atomic mass is 10.1. The highest BCUT2D eigenvalue weighted by Crippen LogP contribution is 2.24. The van der Waals surface area contributed by atoms with Crippen LogP contribution in [0.1, 0.15) is 12.5 Å². The minimum absolute atomic E-state index is 1.06. The molecular weight excluding hydrogens is 270 g/mol. The third-order valence-corrected chi connectivity index (χ3v) is 4.08. The topological polar surface area (TPSA) is 33.6 Å². The number of benzene rings is 2. The number of nitrogens with one attached hydrogen (secondary N) is 1. The van der Waals surface area contributed by atoms with Crippen LogP contribution in [0.15, 0.2) is 67.1 Å². The SMILES string of the molecule is CCc1ccc(-n2cc(-c3ccc4[nH]ccc4c3)cn2)cc1. The molecule has 0 unspecified atom stereocenters. The largest absolute Gasteiger partial charge is 0.361 e. The second-order valence-corrected chi connectivity index (χ2v) is 5.47. The fourth-order valence-corrected chi connectivity index (χ4v) is 2.73. The van der Waals surface area contributed by atoms with E-state index in [1.807, 2.05) is 17.1 Å². The van der Waals surface area contributed by atoms with Gasteiger partial charge in [-0.15, -0.1) is 0 Å². The van der Waals surface area contributed by atoms with Crippen LogP contribution in [0, 0.1) is 0 Å². The van der Waals surface area contributed by atoms with E-state index in [4.69, 9.17) is 0 Å². The van der Waals surface area contributed by atoms with Gasteiger partial charge in [0.2, 0.25) is 0 Å². The normalized spacial score (nSPS) is 11.1. The minimum atomic E-state index is 1.06. The molecule has 2 heterocycles. The van der Waals surface area contributed by atoms with Gasteiger partial charge in [-0.05, 0) is 53.3 Å². The molecule has 0 bridgehead atoms. The maximum absolute atomic E-state index is 4.49. The van der Waals surface area contributed by atoms with E-state index >= 15 is 0 Å². The summed E-state index contributed by atoms with van der Waals surface area (Å²) < 4.78 is 1.93. The van der Waals surface area contributed by atoms with Gasteiger partial charge in [0.25, 0.3) is 0 Å². The first-order valence-corrected chi connectivity index (χ1v) is 7.55. The van der Waals surface area contributed by atoms with Gasteiger partial charge in [0, 0.05) is 23.5 Å². The molecule has 2 aromatic heterocycles. The van der Waals surface area contributed by atoms with Crippen molar-refractivity contribution in [1.82, 2.24) is 14.8 Å². The zero-order valence-corrected chi connectivity index (χ0v) is 12.5. The monoisotopic (exact) mass is 287 g/mol. The number of rotatable bonds is 3. The van der Waals surface area contributed by atoms with Crippen LogP contribution in [-0.4, -0.2) is 14.8 Å². The molecule has 0 radical (unpaired) electrons. The Balaban J connectivity index is 1.70. The Morgan fingerprint density at radius 1 is 1.00 bits per heavy atom. The average Bonchev–Trinajstić information content (AvgIpc) is 3.23. The molecule has 0 aliphatic heterocycles. The van der Waals surface area contributed by atoms with Crippen LogP contribution in [-0.2, 0) is 6.42 Å². The average molecular weight is 287 g/mol. The Hall–Kier alpha value is -2.81. The van der Waals surface area contributed by atoms with Gasteiger partial charge >= 0.3 is 0 Å². The standard InChI is InChI=1S/C19H17N3/c1-2-14-3-6-18(7-4-14)22-13-17(12-21-22)15-5-8-19-16(11-15)9-10-20-19/h3-13,20H,2H2,1H3. The number of H-pyrrole nitrogens is 1. The Morgan fingerprint density at radius 2 is 1.86 bits per heavy atom. The van der Waals surface area contributed by atoms with Crippen LogP contribution < -0.4 is 0 Å². The Kier molecular flexibility index (Phi) is 3.04. The second-order valence-electron chi connectivity index (χ2n) is 5.47. The predicted molar refractivity (Wildman–Crippen MR) is 90.2 cm³/mol. The van der Waals surface area contributed by atoms with Crippen molar-refractivity contribution in [3.05, 3.63) is 72.7 Å². The van der Waals surface area contributed by atoms with E-state index in [1.54, 1.807) is 0 Å². The number of aromatic nitrogens is 3. The van der Waals surface area contributed by atoms with Gasteiger partial charge in [-0.3, -0.25) is 0 Å². The lowest BCUT2D eigenvalue weighted by molar-refractivity contribution is 0.879. The summed E-state index contributed by atoms with van der Waals surface area (Å²) in [5, 5.41) is 5.71. The third-order valence-electron chi connectivity index (χ3n) is 4.08. The van der Waals surface area contributed by atoms with Crippen LogP contribution in [0.4, 0.5) is 0 Å². The molecule has 4 rings (SSSR count). The summed E-state index contributed by atoms with van der Waals surface area (Å²) in [6.07, 6.45) is 7.02. The highest BCUT2D eigenvalue weighted by Gasteiger charge is 2.05. The molecule has 0 saturated heterocycles. The quantitative estimate of drug-likeness (QED) is 0.587. The highest BCUT2D eigenvalue weighted by atomic mass is 15.3. The van der Waals surface area contributed by atoms with Gasteiger partial charge < -0.3 is 4.98 Å². The number of fused-ring (bicyclic) bond motifs is 1. The first-order chi connectivity index (χ1) is 10.8. The summed E-state index contributed by atoms with van der Waals surface area (Å²) in [6.45, 7) is 2.16. The summed E-state index contributed by atoms with van der Waals surface area (Å²) in [6, 6.07) is 17.1. The fourth-order valence-electron chi connectivity index (χ4n) is 2.73. The maximum Gasteiger partial charge on any atom is 0.0645 e. The van der Waals surface area contributed by atoms with Gasteiger partial charge in [0.1, 0.15) is 0 Å². The van der Waals surface area contributed by atoms with Crippen molar-refractivity contribution in [1.29, 1.82) is 0 Å². The van der Waals surface area contributed by atoms with Crippen LogP contribution in [0.2, 0.25) is 0 Å². The molecule has 3 nitrogen and oxygen atoms in total. The van der Waals surface area contributed by atoms with E-state index in [2.05, 4.69) is 71.7 Å². The lowest BCUT2D eigenvalue weighted by Gasteiger charge is -2.02. The first-order valence-electron chi connectivity index (χ1n) is 7.55. The number of hydrogen-bond donors (Lipinski definition) is 1. The maximum atomic E-state index is 4.49. The third kappa shape index (κ3) is 2.21. The molecule has 2 aromatic carbocycles. The minimum Gasteiger partial charge on any atom is -0.361 e. The van der Waals surface area contributed by atoms with Crippen LogP contribution in [0.5, 0.6) is 0 Å². The predicted octanol–water partition coefficient (Wildman–Crippen LogP) is 4.58. The molecule has 0 amide bonds. The van der Waals surface area contributed by atoms with Crippen LogP contribution in [0.3, 0.4) is 0 Å². The van der Waals surface area contributed by atoms with E-state index in [0.29, 0.717) is 0 Å². The smallest absolute Gasteiger partial charge is 0.0645 e. The van der Waals surface area contributed by atoms with Gasteiger partial charge in [-0.1, -0.05) is 25.1 Å². The molecule has 0 fully saturated rings. The Labute approximate surface area is 129 Å². The van der Waals surface area contributed by atoms with E-state index in [0.717, 1.165) is 23.2 Å². The zero-order valence-electron chi connectivity index (χ0n) is 12.5. The second kappa shape index (κ2) is 5.19. The molecule has 22 heavy (non-hydrogen) atoms. The molecular formula is C19H17N3. The van der Waals surface area contributed by atoms with Crippen molar-refractivity contribution in [2.75, 3.05) is 0 Å². The molecule has 0 spiro atoms. The fraction of sp³-hybridized carbons (Fsp3) is 0.105. The van der Waals surface area contributed by atoms with E-state index in [-0.39, 0.29) is 0 Å². The van der Waals surface area contributed by atoms with Crippen molar-refractivity contribution < 1.29 is 0 Å². The van der Waals surface area contributed by atoms with Gasteiger partial charge in [-0.25, -0.2) is 4.68 Å². The van der Waals surface area contributed by atoms with Gasteiger partial charge in [0.05, 0.1) is 11.9 Å². The number of aromatic amines is 1. The summed E-state index contributed by atoms with van der Waals surface area (Å²) in [5.41, 5.74) is 5.90. The molecule has 0 aliphatic rings. The van der Waals surface area contributed by atoms with Crippen molar-refractivity contribution in [3.8, 4) is 16.8 Å². The van der Waals surface area contributed by atoms with Crippen molar-refractivity contribution in [3.63, 3.8) is 0 Å². The van der Waals surface area contributed by atoms with Crippen molar-refractivity contribution in [2.24, 2.45) is 0 Å². The summed E-state index contributed by atoms with van der Waals surface area (Å²) >= 11 is 0. The van der Waals surface area contributed by atoms with E-state index < -0.39 is 0 Å². The Bertz CT molecular complexity index is 913. The Morgan fingerprint density at radius 3 is 2.68 bits per heavy atom. The first kappa shape index (κ1) is 12.9. The molecule has 0 saturated carbocycles. The van der Waals surface area contributed by atoms with Crippen molar-refractivity contribution in [2.45, 2.75) is 13.3 Å². The zero-order chi connectivity index (χ0) is 14.9. The van der Waals surface area contributed by atoms with Crippen LogP contribution in [0.25, 0.3) is 27.7 Å². The van der Waals surface area contributed by atoms with E-state index in [1.165, 1.54) is 16.5 Å². The summed E-state index contributed by atoms with van der Waals surface area (Å²) in [4.78, 5) is 3.22. The van der Waals surface area contributed by atoms with Gasteiger partial charge in [-0.2, -0.15) is 5.10 Å². The highest BCUT2D eigenvalue weighted by molar-refractivity contribution is 5.84. The molecule has 108 valence electrons. The molecule has 0 atom stereocenters. The van der Waals surface area contributed by atoms with E-state index in [9.17, 15) is 0 Å². The number of hydrogen-bond acceptors (Lipinski definition) is 1. The molecule has 3 heteroatoms. The number of nitrogens with zero attached hydrogens (tertiary/aromatic N) is 2. The van der Waals surface area contributed by atoms with Gasteiger partial charge in [0.15, 0.2) is 0 Å². The molecule has 1 N–H and O–H groups in total. The molecule has 0 aliphatic carbocycles.